The van der Waals surface area contributed by atoms with Crippen molar-refractivity contribution in [1.29, 1.82) is 0 Å². The van der Waals surface area contributed by atoms with Crippen molar-refractivity contribution in [2.75, 3.05) is 14.2 Å². The summed E-state index contributed by atoms with van der Waals surface area (Å²) in [5, 5.41) is 4.11. The number of benzene rings is 1. The van der Waals surface area contributed by atoms with Crippen LogP contribution in [0.1, 0.15) is 16.1 Å². The van der Waals surface area contributed by atoms with Crippen molar-refractivity contribution in [3.05, 3.63) is 66.1 Å². The summed E-state index contributed by atoms with van der Waals surface area (Å²) >= 11 is 0. The summed E-state index contributed by atoms with van der Waals surface area (Å²) in [4.78, 5) is 16.4. The highest BCUT2D eigenvalue weighted by molar-refractivity contribution is 7.90. The number of methoxy groups -OCH3 is 2. The number of aromatic nitrogens is 3. The molecule has 0 bridgehead atoms. The number of nitrogens with zero attached hydrogens (tertiary/aromatic N) is 3. The monoisotopic (exact) mass is 402 g/mol. The summed E-state index contributed by atoms with van der Waals surface area (Å²) in [6.07, 6.45) is 3.42. The average molecular weight is 402 g/mol. The second-order valence-electron chi connectivity index (χ2n) is 5.65. The number of carbonyl (C=O) groups excluding carboxylic acids is 1. The summed E-state index contributed by atoms with van der Waals surface area (Å²) in [5.41, 5.74) is 0.592. The Kier molecular flexibility index (Phi) is 5.59. The van der Waals surface area contributed by atoms with Crippen LogP contribution < -0.4 is 14.2 Å². The topological polar surface area (TPSA) is 112 Å². The number of amides is 1. The van der Waals surface area contributed by atoms with Gasteiger partial charge in [0.15, 0.2) is 0 Å². The van der Waals surface area contributed by atoms with E-state index in [1.807, 2.05) is 4.72 Å². The van der Waals surface area contributed by atoms with Gasteiger partial charge in [0.05, 0.1) is 20.8 Å². The third-order valence-corrected chi connectivity index (χ3v) is 5.21. The minimum atomic E-state index is -4.14. The van der Waals surface area contributed by atoms with Crippen molar-refractivity contribution in [3.8, 4) is 11.6 Å². The predicted octanol–water partition coefficient (Wildman–Crippen LogP) is 1.46. The molecule has 0 atom stereocenters. The van der Waals surface area contributed by atoms with Crippen molar-refractivity contribution in [3.63, 3.8) is 0 Å². The van der Waals surface area contributed by atoms with Crippen LogP contribution in [0.3, 0.4) is 0 Å². The molecule has 28 heavy (non-hydrogen) atoms. The molecule has 0 spiro atoms. The quantitative estimate of drug-likeness (QED) is 0.637. The van der Waals surface area contributed by atoms with E-state index < -0.39 is 15.9 Å². The number of hydrogen-bond donors (Lipinski definition) is 1. The van der Waals surface area contributed by atoms with Gasteiger partial charge in [0.2, 0.25) is 5.88 Å². The maximum atomic E-state index is 12.5. The van der Waals surface area contributed by atoms with Crippen LogP contribution in [0.15, 0.2) is 59.8 Å². The van der Waals surface area contributed by atoms with Crippen LogP contribution >= 0.6 is 0 Å². The van der Waals surface area contributed by atoms with E-state index in [0.29, 0.717) is 12.1 Å². The molecule has 3 aromatic rings. The van der Waals surface area contributed by atoms with Crippen LogP contribution in [0.4, 0.5) is 0 Å². The summed E-state index contributed by atoms with van der Waals surface area (Å²) in [6, 6.07) is 10.8. The molecule has 146 valence electrons. The van der Waals surface area contributed by atoms with Gasteiger partial charge in [0.25, 0.3) is 15.9 Å². The molecule has 2 heterocycles. The third-order valence-electron chi connectivity index (χ3n) is 3.84. The van der Waals surface area contributed by atoms with Gasteiger partial charge in [-0.2, -0.15) is 5.10 Å². The van der Waals surface area contributed by atoms with Crippen LogP contribution in [0.5, 0.6) is 11.6 Å². The van der Waals surface area contributed by atoms with Crippen molar-refractivity contribution < 1.29 is 22.7 Å². The van der Waals surface area contributed by atoms with E-state index in [-0.39, 0.29) is 22.2 Å². The van der Waals surface area contributed by atoms with E-state index >= 15 is 0 Å². The predicted molar refractivity (Wildman–Crippen MR) is 99.8 cm³/mol. The lowest BCUT2D eigenvalue weighted by molar-refractivity contribution is 0.0975. The zero-order valence-corrected chi connectivity index (χ0v) is 16.0. The number of para-hydroxylation sites is 1. The summed E-state index contributed by atoms with van der Waals surface area (Å²) in [7, 11) is -1.37. The Balaban J connectivity index is 1.84. The molecule has 2 aromatic heterocycles. The number of nitrogens with one attached hydrogen (secondary N) is 1. The van der Waals surface area contributed by atoms with Crippen molar-refractivity contribution >= 4 is 15.9 Å². The highest BCUT2D eigenvalue weighted by Gasteiger charge is 2.23. The molecule has 0 unspecified atom stereocenters. The minimum absolute atomic E-state index is 0.0976. The fraction of sp³-hybridized carbons (Fsp3) is 0.167. The summed E-state index contributed by atoms with van der Waals surface area (Å²) in [6.45, 7) is 0.393. The van der Waals surface area contributed by atoms with Crippen molar-refractivity contribution in [2.45, 2.75) is 11.4 Å². The molecule has 0 aliphatic heterocycles. The zero-order valence-electron chi connectivity index (χ0n) is 15.2. The molecule has 1 N–H and O–H groups in total. The van der Waals surface area contributed by atoms with E-state index in [1.165, 1.54) is 38.5 Å². The van der Waals surface area contributed by atoms with Gasteiger partial charge in [0.1, 0.15) is 16.3 Å². The first-order valence-corrected chi connectivity index (χ1v) is 9.64. The first-order valence-electron chi connectivity index (χ1n) is 8.16. The second kappa shape index (κ2) is 8.09. The third kappa shape index (κ3) is 4.12. The number of carbonyl (C=O) groups is 1. The summed E-state index contributed by atoms with van der Waals surface area (Å²) in [5.74, 6) is -0.546. The Morgan fingerprint density at radius 2 is 1.89 bits per heavy atom. The Bertz CT molecular complexity index is 1080. The Morgan fingerprint density at radius 1 is 1.11 bits per heavy atom. The Labute approximate surface area is 162 Å². The first-order chi connectivity index (χ1) is 13.4. The Hall–Kier alpha value is -3.40. The molecule has 10 heteroatoms. The highest BCUT2D eigenvalue weighted by atomic mass is 32.2. The van der Waals surface area contributed by atoms with E-state index in [0.717, 1.165) is 0 Å². The molecule has 1 aromatic carbocycles. The first kappa shape index (κ1) is 19.4. The molecule has 0 aliphatic carbocycles. The lowest BCUT2D eigenvalue weighted by atomic mass is 10.2. The molecular formula is C18H18N4O5S. The van der Waals surface area contributed by atoms with Gasteiger partial charge in [-0.1, -0.05) is 12.1 Å². The maximum absolute atomic E-state index is 12.5. The van der Waals surface area contributed by atoms with Crippen LogP contribution in [-0.2, 0) is 16.6 Å². The van der Waals surface area contributed by atoms with E-state index in [4.69, 9.17) is 9.47 Å². The number of rotatable bonds is 7. The molecular weight excluding hydrogens is 384 g/mol. The van der Waals surface area contributed by atoms with Gasteiger partial charge in [-0.3, -0.25) is 9.48 Å². The lowest BCUT2D eigenvalue weighted by Crippen LogP contribution is -2.31. The number of pyridine rings is 1. The average Bonchev–Trinajstić information content (AvgIpc) is 3.21. The molecule has 0 radical (unpaired) electrons. The van der Waals surface area contributed by atoms with E-state index in [2.05, 4.69) is 10.1 Å². The smallest absolute Gasteiger partial charge is 0.283 e. The van der Waals surface area contributed by atoms with Gasteiger partial charge in [-0.25, -0.2) is 18.1 Å². The van der Waals surface area contributed by atoms with Gasteiger partial charge >= 0.3 is 0 Å². The van der Waals surface area contributed by atoms with E-state index in [9.17, 15) is 13.2 Å². The molecule has 0 aliphatic rings. The minimum Gasteiger partial charge on any atom is -0.495 e. The maximum Gasteiger partial charge on any atom is 0.283 e. The molecule has 9 nitrogen and oxygen atoms in total. The van der Waals surface area contributed by atoms with Crippen molar-refractivity contribution in [2.24, 2.45) is 0 Å². The SMILES string of the molecule is COc1ccccc1S(=O)(=O)NC(=O)c1ccc(Cn2cccn2)c(OC)n1. The number of ether oxygens (including phenoxy) is 2. The van der Waals surface area contributed by atoms with Crippen LogP contribution in [0, 0.1) is 0 Å². The van der Waals surface area contributed by atoms with Gasteiger partial charge in [0, 0.05) is 18.0 Å². The van der Waals surface area contributed by atoms with Crippen LogP contribution in [-0.4, -0.2) is 43.3 Å². The molecule has 3 rings (SSSR count). The zero-order chi connectivity index (χ0) is 20.1. The largest absolute Gasteiger partial charge is 0.495 e. The fourth-order valence-corrected chi connectivity index (χ4v) is 3.66. The second-order valence-corrected chi connectivity index (χ2v) is 7.30. The highest BCUT2D eigenvalue weighted by Crippen LogP contribution is 2.23. The molecule has 0 fully saturated rings. The lowest BCUT2D eigenvalue weighted by Gasteiger charge is -2.12. The molecule has 0 saturated carbocycles. The number of hydrogen-bond acceptors (Lipinski definition) is 7. The standard InChI is InChI=1S/C18H18N4O5S/c1-26-15-6-3-4-7-16(15)28(24,25)21-17(23)14-9-8-13(18(20-14)27-2)12-22-11-5-10-19-22/h3-11H,12H2,1-2H3,(H,21,23). The van der Waals surface area contributed by atoms with Gasteiger partial charge < -0.3 is 9.47 Å². The van der Waals surface area contributed by atoms with Gasteiger partial charge in [-0.15, -0.1) is 0 Å². The summed E-state index contributed by atoms with van der Waals surface area (Å²) < 4.78 is 39.0. The fourth-order valence-electron chi connectivity index (χ4n) is 2.53. The molecule has 0 saturated heterocycles. The number of sulfonamides is 1. The van der Waals surface area contributed by atoms with Gasteiger partial charge in [-0.05, 0) is 30.3 Å². The van der Waals surface area contributed by atoms with Crippen molar-refractivity contribution in [1.82, 2.24) is 19.5 Å². The molecule has 1 amide bonds. The van der Waals surface area contributed by atoms with E-state index in [1.54, 1.807) is 35.3 Å². The van der Waals surface area contributed by atoms with Crippen LogP contribution in [0.25, 0.3) is 0 Å². The van der Waals surface area contributed by atoms with Crippen LogP contribution in [0.2, 0.25) is 0 Å². The Morgan fingerprint density at radius 3 is 2.57 bits per heavy atom. The normalized spacial score (nSPS) is 11.1.